The zero-order chi connectivity index (χ0) is 20.5. The summed E-state index contributed by atoms with van der Waals surface area (Å²) in [5.74, 6) is 0.233. The average Bonchev–Trinajstić information content (AvgIpc) is 3.47. The molecule has 0 unspecified atom stereocenters. The van der Waals surface area contributed by atoms with Gasteiger partial charge in [0, 0.05) is 41.4 Å². The number of carbonyl (C=O) groups excluding carboxylic acids is 2. The molecule has 2 aromatic rings. The van der Waals surface area contributed by atoms with E-state index in [1.807, 2.05) is 41.3 Å². The Bertz CT molecular complexity index is 997. The molecule has 29 heavy (non-hydrogen) atoms. The van der Waals surface area contributed by atoms with Crippen LogP contribution in [0.25, 0.3) is 0 Å². The van der Waals surface area contributed by atoms with Crippen LogP contribution in [-0.4, -0.2) is 31.1 Å². The largest absolute Gasteiger partial charge is 0.398 e. The molecule has 0 atom stereocenters. The predicted octanol–water partition coefficient (Wildman–Crippen LogP) is 3.90. The molecule has 0 spiro atoms. The Morgan fingerprint density at radius 2 is 1.97 bits per heavy atom. The van der Waals surface area contributed by atoms with Gasteiger partial charge < -0.3 is 16.0 Å². The average molecular weight is 455 g/mol. The molecule has 0 bridgehead atoms. The summed E-state index contributed by atoms with van der Waals surface area (Å²) in [6.45, 7) is 0.715. The molecule has 1 aliphatic heterocycles. The maximum atomic E-state index is 12.7. The number of halogens is 1. The van der Waals surface area contributed by atoms with Gasteiger partial charge in [-0.1, -0.05) is 15.9 Å². The fourth-order valence-corrected chi connectivity index (χ4v) is 3.94. The summed E-state index contributed by atoms with van der Waals surface area (Å²) in [6, 6.07) is 11.2. The summed E-state index contributed by atoms with van der Waals surface area (Å²) < 4.78 is 0.938. The molecule has 0 aromatic heterocycles. The third-order valence-electron chi connectivity index (χ3n) is 5.35. The number of hydrogen-bond acceptors (Lipinski definition) is 4. The molecule has 0 radical (unpaired) electrons. The summed E-state index contributed by atoms with van der Waals surface area (Å²) in [7, 11) is 1.58. The lowest BCUT2D eigenvalue weighted by Gasteiger charge is -2.22. The maximum absolute atomic E-state index is 12.7. The number of nitrogens with one attached hydrogen (secondary N) is 1. The second-order valence-electron chi connectivity index (χ2n) is 7.44. The van der Waals surface area contributed by atoms with Crippen LogP contribution in [0.3, 0.4) is 0 Å². The number of nitrogen functional groups attached to an aromatic ring is 1. The van der Waals surface area contributed by atoms with Crippen molar-refractivity contribution in [3.05, 3.63) is 52.0 Å². The minimum absolute atomic E-state index is 0.133. The van der Waals surface area contributed by atoms with Crippen molar-refractivity contribution in [3.63, 3.8) is 0 Å². The van der Waals surface area contributed by atoms with Gasteiger partial charge in [-0.3, -0.25) is 9.59 Å². The van der Waals surface area contributed by atoms with E-state index in [4.69, 9.17) is 5.73 Å². The summed E-state index contributed by atoms with van der Waals surface area (Å²) in [4.78, 5) is 31.4. The van der Waals surface area contributed by atoms with Crippen molar-refractivity contribution in [1.82, 2.24) is 5.32 Å². The molecule has 1 aliphatic carbocycles. The van der Waals surface area contributed by atoms with Crippen molar-refractivity contribution in [3.8, 4) is 0 Å². The lowest BCUT2D eigenvalue weighted by atomic mass is 9.98. The number of likely N-dealkylation sites (N-methyl/N-ethyl adjacent to an activating group) is 1. The molecule has 1 saturated heterocycles. The van der Waals surface area contributed by atoms with E-state index >= 15 is 0 Å². The molecule has 150 valence electrons. The first-order valence-corrected chi connectivity index (χ1v) is 10.6. The molecule has 2 fully saturated rings. The van der Waals surface area contributed by atoms with E-state index in [1.165, 1.54) is 0 Å². The van der Waals surface area contributed by atoms with Gasteiger partial charge >= 0.3 is 0 Å². The lowest BCUT2D eigenvalue weighted by molar-refractivity contribution is -0.117. The van der Waals surface area contributed by atoms with E-state index in [9.17, 15) is 9.59 Å². The normalized spacial score (nSPS) is 17.0. The van der Waals surface area contributed by atoms with E-state index in [0.29, 0.717) is 35.8 Å². The van der Waals surface area contributed by atoms with Gasteiger partial charge in [0.1, 0.15) is 5.71 Å². The Kier molecular flexibility index (Phi) is 5.41. The molecular weight excluding hydrogens is 432 g/mol. The molecule has 3 N–H and O–H groups in total. The number of benzene rings is 2. The highest BCUT2D eigenvalue weighted by Gasteiger charge is 2.33. The van der Waals surface area contributed by atoms with Crippen LogP contribution >= 0.6 is 15.9 Å². The Hall–Kier alpha value is -2.67. The van der Waals surface area contributed by atoms with Crippen LogP contribution in [0.4, 0.5) is 17.1 Å². The summed E-state index contributed by atoms with van der Waals surface area (Å²) in [5.41, 5.74) is 10.3. The second kappa shape index (κ2) is 7.99. The molecule has 2 amide bonds. The minimum Gasteiger partial charge on any atom is -0.398 e. The molecule has 6 nitrogen and oxygen atoms in total. The molecule has 2 aliphatic rings. The standard InChI is InChI=1S/C22H23BrN4O2/c1-25-22(29)21(26-15-8-6-14(23)7-9-15)17-11-16(13-4-5-13)19(12-18(17)24)27-10-2-3-20(27)28/h6-9,11-13H,2-5,10,24H2,1H3,(H,25,29). The van der Waals surface area contributed by atoms with Crippen LogP contribution in [0.1, 0.15) is 42.7 Å². The van der Waals surface area contributed by atoms with Gasteiger partial charge in [-0.15, -0.1) is 0 Å². The number of nitrogens with two attached hydrogens (primary N) is 1. The van der Waals surface area contributed by atoms with Crippen molar-refractivity contribution in [1.29, 1.82) is 0 Å². The van der Waals surface area contributed by atoms with Crippen molar-refractivity contribution in [2.24, 2.45) is 4.99 Å². The lowest BCUT2D eigenvalue weighted by Crippen LogP contribution is -2.30. The highest BCUT2D eigenvalue weighted by Crippen LogP contribution is 2.46. The van der Waals surface area contributed by atoms with Gasteiger partial charge in [-0.2, -0.15) is 0 Å². The zero-order valence-electron chi connectivity index (χ0n) is 16.2. The Balaban J connectivity index is 1.82. The van der Waals surface area contributed by atoms with Gasteiger partial charge in [-0.05, 0) is 67.1 Å². The minimum atomic E-state index is -0.300. The summed E-state index contributed by atoms with van der Waals surface area (Å²) >= 11 is 3.41. The Morgan fingerprint density at radius 1 is 1.24 bits per heavy atom. The van der Waals surface area contributed by atoms with Gasteiger partial charge in [0.25, 0.3) is 5.91 Å². The van der Waals surface area contributed by atoms with Crippen molar-refractivity contribution < 1.29 is 9.59 Å². The number of amides is 2. The SMILES string of the molecule is CNC(=O)C(=Nc1ccc(Br)cc1)c1cc(C2CC2)c(N2CCCC2=O)cc1N. The number of carbonyl (C=O) groups is 2. The molecule has 4 rings (SSSR count). The zero-order valence-corrected chi connectivity index (χ0v) is 17.8. The van der Waals surface area contributed by atoms with E-state index in [2.05, 4.69) is 26.2 Å². The predicted molar refractivity (Wildman–Crippen MR) is 119 cm³/mol. The van der Waals surface area contributed by atoms with Gasteiger partial charge in [0.2, 0.25) is 5.91 Å². The molecule has 1 heterocycles. The van der Waals surface area contributed by atoms with Crippen LogP contribution in [0.2, 0.25) is 0 Å². The second-order valence-corrected chi connectivity index (χ2v) is 8.35. The maximum Gasteiger partial charge on any atom is 0.270 e. The Labute approximate surface area is 178 Å². The van der Waals surface area contributed by atoms with Crippen molar-refractivity contribution in [2.75, 3.05) is 24.2 Å². The van der Waals surface area contributed by atoms with E-state index in [1.54, 1.807) is 7.05 Å². The third-order valence-corrected chi connectivity index (χ3v) is 5.87. The van der Waals surface area contributed by atoms with Gasteiger partial charge in [-0.25, -0.2) is 4.99 Å². The van der Waals surface area contributed by atoms with E-state index in [-0.39, 0.29) is 17.5 Å². The van der Waals surface area contributed by atoms with Crippen LogP contribution < -0.4 is 16.0 Å². The third kappa shape index (κ3) is 4.05. The number of hydrogen-bond donors (Lipinski definition) is 2. The summed E-state index contributed by atoms with van der Waals surface area (Å²) in [6.07, 6.45) is 3.59. The number of aliphatic imine (C=N–C) groups is 1. The van der Waals surface area contributed by atoms with Crippen LogP contribution in [0.5, 0.6) is 0 Å². The van der Waals surface area contributed by atoms with Crippen LogP contribution in [0.15, 0.2) is 45.9 Å². The Morgan fingerprint density at radius 3 is 2.55 bits per heavy atom. The molecular formula is C22H23BrN4O2. The number of rotatable bonds is 5. The fourth-order valence-electron chi connectivity index (χ4n) is 3.68. The topological polar surface area (TPSA) is 87.8 Å². The quantitative estimate of drug-likeness (QED) is 0.530. The summed E-state index contributed by atoms with van der Waals surface area (Å²) in [5, 5.41) is 2.66. The monoisotopic (exact) mass is 454 g/mol. The van der Waals surface area contributed by atoms with Crippen LogP contribution in [0, 0.1) is 0 Å². The molecule has 2 aromatic carbocycles. The number of anilines is 2. The fraction of sp³-hybridized carbons (Fsp3) is 0.318. The van der Waals surface area contributed by atoms with Gasteiger partial charge in [0.15, 0.2) is 0 Å². The number of nitrogens with zero attached hydrogens (tertiary/aromatic N) is 2. The van der Waals surface area contributed by atoms with E-state index in [0.717, 1.165) is 35.0 Å². The first-order chi connectivity index (χ1) is 14.0. The van der Waals surface area contributed by atoms with Crippen LogP contribution in [-0.2, 0) is 9.59 Å². The van der Waals surface area contributed by atoms with E-state index < -0.39 is 0 Å². The smallest absolute Gasteiger partial charge is 0.270 e. The highest BCUT2D eigenvalue weighted by molar-refractivity contribution is 9.10. The van der Waals surface area contributed by atoms with Crippen molar-refractivity contribution >= 4 is 50.5 Å². The molecule has 7 heteroatoms. The first-order valence-electron chi connectivity index (χ1n) is 9.78. The molecule has 1 saturated carbocycles. The van der Waals surface area contributed by atoms with Crippen molar-refractivity contribution in [2.45, 2.75) is 31.6 Å². The van der Waals surface area contributed by atoms with Gasteiger partial charge in [0.05, 0.1) is 5.69 Å². The first kappa shape index (κ1) is 19.6. The highest BCUT2D eigenvalue weighted by atomic mass is 79.9.